The molecular formula is C49H48O15. The third-order valence-corrected chi connectivity index (χ3v) is 10.6. The fourth-order valence-corrected chi connectivity index (χ4v) is 7.28. The normalized spacial score (nSPS) is 25.3. The highest BCUT2D eigenvalue weighted by atomic mass is 16.8. The van der Waals surface area contributed by atoms with Crippen molar-refractivity contribution in [1.82, 2.24) is 0 Å². The zero-order valence-electron chi connectivity index (χ0n) is 35.2. The minimum absolute atomic E-state index is 0.0391. The molecule has 5 aromatic rings. The maximum absolute atomic E-state index is 14.1. The summed E-state index contributed by atoms with van der Waals surface area (Å²) in [7, 11) is 2.90. The van der Waals surface area contributed by atoms with E-state index in [-0.39, 0.29) is 28.9 Å². The Hall–Kier alpha value is -6.46. The van der Waals surface area contributed by atoms with Gasteiger partial charge in [-0.3, -0.25) is 0 Å². The molecular weight excluding hydrogens is 829 g/mol. The average molecular weight is 877 g/mol. The molecule has 0 unspecified atom stereocenters. The maximum Gasteiger partial charge on any atom is 0.338 e. The summed E-state index contributed by atoms with van der Waals surface area (Å²) in [5, 5.41) is 11.8. The van der Waals surface area contributed by atoms with Gasteiger partial charge >= 0.3 is 23.9 Å². The van der Waals surface area contributed by atoms with Crippen LogP contribution in [0.3, 0.4) is 0 Å². The van der Waals surface area contributed by atoms with E-state index in [1.807, 2.05) is 12.1 Å². The monoisotopic (exact) mass is 876 g/mol. The van der Waals surface area contributed by atoms with E-state index in [9.17, 15) is 24.3 Å². The lowest BCUT2D eigenvalue weighted by Crippen LogP contribution is -2.66. The van der Waals surface area contributed by atoms with Gasteiger partial charge < -0.3 is 52.5 Å². The number of rotatable bonds is 16. The second-order valence-electron chi connectivity index (χ2n) is 14.9. The van der Waals surface area contributed by atoms with Gasteiger partial charge in [-0.1, -0.05) is 84.9 Å². The second-order valence-corrected chi connectivity index (χ2v) is 14.9. The third kappa shape index (κ3) is 11.2. The number of carbonyl (C=O) groups excluding carboxylic acids is 4. The van der Waals surface area contributed by atoms with Gasteiger partial charge in [0.05, 0.1) is 42.1 Å². The first-order valence-corrected chi connectivity index (χ1v) is 20.6. The van der Waals surface area contributed by atoms with Gasteiger partial charge in [0.1, 0.15) is 36.8 Å². The molecule has 0 aliphatic carbocycles. The Morgan fingerprint density at radius 3 is 1.48 bits per heavy atom. The topological polar surface area (TPSA) is 181 Å². The van der Waals surface area contributed by atoms with Gasteiger partial charge in [-0.2, -0.15) is 0 Å². The molecule has 0 bridgehead atoms. The Labute approximate surface area is 369 Å². The molecule has 0 radical (unpaired) electrons. The van der Waals surface area contributed by atoms with Crippen LogP contribution in [0.2, 0.25) is 0 Å². The number of aliphatic hydroxyl groups excluding tert-OH is 1. The van der Waals surface area contributed by atoms with E-state index in [1.54, 1.807) is 111 Å². The van der Waals surface area contributed by atoms with Gasteiger partial charge in [0, 0.05) is 7.11 Å². The molecule has 0 spiro atoms. The van der Waals surface area contributed by atoms with E-state index < -0.39 is 91.9 Å². The van der Waals surface area contributed by atoms with E-state index in [4.69, 9.17) is 47.4 Å². The van der Waals surface area contributed by atoms with Crippen molar-refractivity contribution in [2.45, 2.75) is 74.9 Å². The highest BCUT2D eigenvalue weighted by molar-refractivity contribution is 5.91. The predicted octanol–water partition coefficient (Wildman–Crippen LogP) is 5.98. The number of methoxy groups -OCH3 is 2. The molecule has 5 aromatic carbocycles. The van der Waals surface area contributed by atoms with E-state index in [0.29, 0.717) is 5.75 Å². The van der Waals surface area contributed by atoms with E-state index in [2.05, 4.69) is 0 Å². The molecule has 2 aliphatic rings. The van der Waals surface area contributed by atoms with Crippen molar-refractivity contribution in [1.29, 1.82) is 0 Å². The molecule has 2 fully saturated rings. The van der Waals surface area contributed by atoms with Gasteiger partial charge in [-0.25, -0.2) is 19.2 Å². The van der Waals surface area contributed by atoms with Gasteiger partial charge in [0.2, 0.25) is 0 Å². The van der Waals surface area contributed by atoms with Crippen molar-refractivity contribution in [2.24, 2.45) is 0 Å². The molecule has 0 amide bonds. The summed E-state index contributed by atoms with van der Waals surface area (Å²) in [5.41, 5.74) is 1.34. The number of ether oxygens (including phenoxy) is 10. The van der Waals surface area contributed by atoms with Gasteiger partial charge in [0.15, 0.2) is 30.9 Å². The molecule has 0 saturated carbocycles. The smallest absolute Gasteiger partial charge is 0.338 e. The molecule has 0 aromatic heterocycles. The fraction of sp³-hybridized carbons (Fsp3) is 0.306. The van der Waals surface area contributed by atoms with E-state index in [0.717, 1.165) is 5.56 Å². The summed E-state index contributed by atoms with van der Waals surface area (Å²) in [5.74, 6) is -2.72. The van der Waals surface area contributed by atoms with Crippen LogP contribution >= 0.6 is 0 Å². The highest BCUT2D eigenvalue weighted by Crippen LogP contribution is 2.36. The summed E-state index contributed by atoms with van der Waals surface area (Å²) in [4.78, 5) is 55.5. The summed E-state index contributed by atoms with van der Waals surface area (Å²) < 4.78 is 60.7. The molecule has 2 heterocycles. The minimum atomic E-state index is -1.73. The maximum atomic E-state index is 14.1. The summed E-state index contributed by atoms with van der Waals surface area (Å²) in [6.07, 6.45) is -14.1. The van der Waals surface area contributed by atoms with Crippen molar-refractivity contribution in [3.8, 4) is 5.75 Å². The number of aliphatic hydroxyl groups is 1. The fourth-order valence-electron chi connectivity index (χ4n) is 7.28. The van der Waals surface area contributed by atoms with Crippen LogP contribution in [0.4, 0.5) is 0 Å². The lowest BCUT2D eigenvalue weighted by molar-refractivity contribution is -0.357. The van der Waals surface area contributed by atoms with Crippen LogP contribution < -0.4 is 4.74 Å². The number of carbonyl (C=O) groups is 4. The van der Waals surface area contributed by atoms with Crippen LogP contribution in [-0.4, -0.2) is 111 Å². The molecule has 10 atom stereocenters. The van der Waals surface area contributed by atoms with Crippen LogP contribution in [0.15, 0.2) is 146 Å². The third-order valence-electron chi connectivity index (χ3n) is 10.6. The second kappa shape index (κ2) is 21.8. The Morgan fingerprint density at radius 1 is 0.531 bits per heavy atom. The minimum Gasteiger partial charge on any atom is -0.497 e. The Kier molecular flexibility index (Phi) is 15.5. The Bertz CT molecular complexity index is 2280. The number of benzene rings is 5. The van der Waals surface area contributed by atoms with Crippen LogP contribution in [0.1, 0.15) is 53.9 Å². The zero-order chi connectivity index (χ0) is 45.0. The van der Waals surface area contributed by atoms with E-state index in [1.165, 1.54) is 43.5 Å². The first-order valence-electron chi connectivity index (χ1n) is 20.6. The summed E-state index contributed by atoms with van der Waals surface area (Å²) >= 11 is 0. The summed E-state index contributed by atoms with van der Waals surface area (Å²) in [6.45, 7) is 1.16. The number of esters is 4. The molecule has 64 heavy (non-hydrogen) atoms. The highest BCUT2D eigenvalue weighted by Gasteiger charge is 2.56. The van der Waals surface area contributed by atoms with Crippen LogP contribution in [0.25, 0.3) is 0 Å². The SMILES string of the molecule is COc1ccc(CO[C@@H]2[C@@H](O[C@@H]3O[C@H](COC(=O)c4ccccc4)[C@H](OC(=O)c4ccccc4)[C@H](OC(=O)c4ccccc4)[C@H]3OC(=O)c3ccccc3)[C@@H](O)[C@H](OC)O[C@H]2C)cc1. The zero-order valence-corrected chi connectivity index (χ0v) is 35.2. The molecule has 334 valence electrons. The van der Waals surface area contributed by atoms with Crippen LogP contribution in [-0.2, 0) is 49.2 Å². The molecule has 2 saturated heterocycles. The average Bonchev–Trinajstić information content (AvgIpc) is 3.34. The quantitative estimate of drug-likeness (QED) is 0.0903. The Balaban J connectivity index is 1.30. The van der Waals surface area contributed by atoms with Gasteiger partial charge in [-0.15, -0.1) is 0 Å². The largest absolute Gasteiger partial charge is 0.497 e. The van der Waals surface area contributed by atoms with Crippen molar-refractivity contribution in [3.63, 3.8) is 0 Å². The lowest BCUT2D eigenvalue weighted by atomic mass is 9.96. The van der Waals surface area contributed by atoms with Crippen LogP contribution in [0.5, 0.6) is 5.75 Å². The van der Waals surface area contributed by atoms with Crippen molar-refractivity contribution >= 4 is 23.9 Å². The van der Waals surface area contributed by atoms with Gasteiger partial charge in [-0.05, 0) is 73.2 Å². The standard InChI is InChI=1S/C49H48O15/c1-30-39(57-28-31-24-26-36(55-2)27-25-31)41(38(50)48(56-3)59-30)64-49-43(63-47(54)35-22-14-7-15-23-35)42(62-46(53)34-20-12-6-13-21-34)40(61-45(52)33-18-10-5-11-19-33)37(60-49)29-58-44(51)32-16-8-4-9-17-32/h4-27,30,37-43,48-50H,28-29H2,1-3H3/t30-,37+,38+,39-,40-,41-,42-,43+,48+,49-/m0/s1. The molecule has 7 rings (SSSR count). The molecule has 15 heteroatoms. The first-order chi connectivity index (χ1) is 31.1. The van der Waals surface area contributed by atoms with Crippen molar-refractivity contribution in [2.75, 3.05) is 20.8 Å². The molecule has 2 aliphatic heterocycles. The summed E-state index contributed by atoms with van der Waals surface area (Å²) in [6, 6.07) is 39.3. The predicted molar refractivity (Wildman–Crippen MR) is 226 cm³/mol. The van der Waals surface area contributed by atoms with Crippen LogP contribution in [0, 0.1) is 0 Å². The van der Waals surface area contributed by atoms with E-state index >= 15 is 0 Å². The van der Waals surface area contributed by atoms with Crippen molar-refractivity contribution in [3.05, 3.63) is 173 Å². The first kappa shape index (κ1) is 45.6. The number of hydrogen-bond acceptors (Lipinski definition) is 15. The molecule has 15 nitrogen and oxygen atoms in total. The Morgan fingerprint density at radius 2 is 1.00 bits per heavy atom. The lowest BCUT2D eigenvalue weighted by Gasteiger charge is -2.48. The van der Waals surface area contributed by atoms with Crippen molar-refractivity contribution < 1.29 is 71.7 Å². The molecule has 1 N–H and O–H groups in total. The number of hydrogen-bond donors (Lipinski definition) is 1. The van der Waals surface area contributed by atoms with Gasteiger partial charge in [0.25, 0.3) is 0 Å².